The molecule has 0 aliphatic carbocycles. The maximum atomic E-state index is 5.45. The van der Waals surface area contributed by atoms with Gasteiger partial charge in [-0.15, -0.1) is 30.6 Å². The monoisotopic (exact) mass is 341 g/mol. The van der Waals surface area contributed by atoms with Crippen molar-refractivity contribution in [1.82, 2.24) is 9.97 Å². The van der Waals surface area contributed by atoms with E-state index < -0.39 is 0 Å². The van der Waals surface area contributed by atoms with E-state index in [0.717, 1.165) is 33.7 Å². The number of hydrogen-bond donors (Lipinski definition) is 1. The van der Waals surface area contributed by atoms with Crippen molar-refractivity contribution in [1.29, 1.82) is 0 Å². The third kappa shape index (κ3) is 3.95. The largest absolute Gasteiger partial charge is 0.340 e. The summed E-state index contributed by atoms with van der Waals surface area (Å²) in [7, 11) is 0. The third-order valence-corrected chi connectivity index (χ3v) is 4.09. The van der Waals surface area contributed by atoms with Gasteiger partial charge in [-0.25, -0.2) is 9.97 Å². The van der Waals surface area contributed by atoms with Crippen molar-refractivity contribution >= 4 is 46.6 Å². The van der Waals surface area contributed by atoms with Gasteiger partial charge in [-0.05, 0) is 42.2 Å². The Labute approximate surface area is 146 Å². The van der Waals surface area contributed by atoms with Gasteiger partial charge in [-0.1, -0.05) is 18.9 Å². The number of anilines is 2. The Hall–Kier alpha value is -2.22. The van der Waals surface area contributed by atoms with Crippen LogP contribution in [0.5, 0.6) is 0 Å². The van der Waals surface area contributed by atoms with Gasteiger partial charge in [0, 0.05) is 21.5 Å². The van der Waals surface area contributed by atoms with Crippen LogP contribution in [0.4, 0.5) is 11.5 Å². The quantitative estimate of drug-likeness (QED) is 0.541. The highest BCUT2D eigenvalue weighted by atomic mass is 35.5. The molecule has 0 bridgehead atoms. The third-order valence-electron chi connectivity index (χ3n) is 3.21. The molecule has 0 atom stereocenters. The van der Waals surface area contributed by atoms with Gasteiger partial charge in [0.05, 0.1) is 5.52 Å². The van der Waals surface area contributed by atoms with Crippen LogP contribution in [0.15, 0.2) is 53.7 Å². The lowest BCUT2D eigenvalue weighted by molar-refractivity contribution is 1.21. The molecule has 1 aromatic heterocycles. The number of nitrogens with one attached hydrogen (secondary N) is 1. The van der Waals surface area contributed by atoms with Gasteiger partial charge in [0.2, 0.25) is 0 Å². The molecule has 0 unspecified atom stereocenters. The van der Waals surface area contributed by atoms with E-state index in [0.29, 0.717) is 0 Å². The van der Waals surface area contributed by atoms with Crippen LogP contribution in [0.1, 0.15) is 12.5 Å². The average Bonchev–Trinajstić information content (AvgIpc) is 2.56. The molecule has 2 aromatic carbocycles. The standard InChI is InChI=1S/C18H15N3S.ClH/c1-3-13-6-5-7-14(10-13)21-18-16-11-15(22-4-2)8-9-17(16)19-12-20-18;/h1,5-12H,4H2,2H3,(H,19,20,21);1H. The van der Waals surface area contributed by atoms with Gasteiger partial charge in [0.1, 0.15) is 12.1 Å². The van der Waals surface area contributed by atoms with E-state index in [1.807, 2.05) is 30.3 Å². The van der Waals surface area contributed by atoms with E-state index in [1.54, 1.807) is 18.1 Å². The summed E-state index contributed by atoms with van der Waals surface area (Å²) in [4.78, 5) is 9.91. The highest BCUT2D eigenvalue weighted by Gasteiger charge is 2.06. The summed E-state index contributed by atoms with van der Waals surface area (Å²) < 4.78 is 0. The van der Waals surface area contributed by atoms with Crippen LogP contribution >= 0.6 is 24.2 Å². The van der Waals surface area contributed by atoms with Crippen molar-refractivity contribution in [2.45, 2.75) is 11.8 Å². The molecule has 0 saturated carbocycles. The Bertz CT molecular complexity index is 858. The lowest BCUT2D eigenvalue weighted by atomic mass is 10.2. The first kappa shape index (κ1) is 17.1. The molecule has 0 radical (unpaired) electrons. The summed E-state index contributed by atoms with van der Waals surface area (Å²) in [6, 6.07) is 14.0. The van der Waals surface area contributed by atoms with Crippen molar-refractivity contribution in [2.24, 2.45) is 0 Å². The molecule has 0 aliphatic rings. The maximum Gasteiger partial charge on any atom is 0.141 e. The predicted octanol–water partition coefficient (Wildman–Crippen LogP) is 4.89. The summed E-state index contributed by atoms with van der Waals surface area (Å²) in [5.74, 6) is 4.46. The molecular formula is C18H16ClN3S. The van der Waals surface area contributed by atoms with E-state index in [1.165, 1.54) is 4.90 Å². The molecule has 3 rings (SSSR count). The minimum atomic E-state index is 0. The van der Waals surface area contributed by atoms with Crippen molar-refractivity contribution in [3.63, 3.8) is 0 Å². The highest BCUT2D eigenvalue weighted by Crippen LogP contribution is 2.28. The molecule has 1 N–H and O–H groups in total. The number of hydrogen-bond acceptors (Lipinski definition) is 4. The van der Waals surface area contributed by atoms with E-state index in [-0.39, 0.29) is 12.4 Å². The van der Waals surface area contributed by atoms with Gasteiger partial charge in [-0.3, -0.25) is 0 Å². The number of benzene rings is 2. The molecule has 0 amide bonds. The molecule has 23 heavy (non-hydrogen) atoms. The summed E-state index contributed by atoms with van der Waals surface area (Å²) >= 11 is 1.80. The predicted molar refractivity (Wildman–Crippen MR) is 101 cm³/mol. The molecule has 116 valence electrons. The van der Waals surface area contributed by atoms with Crippen molar-refractivity contribution in [3.8, 4) is 12.3 Å². The number of thioether (sulfide) groups is 1. The Kier molecular flexibility index (Phi) is 5.86. The smallest absolute Gasteiger partial charge is 0.141 e. The summed E-state index contributed by atoms with van der Waals surface area (Å²) in [5.41, 5.74) is 2.68. The second-order valence-electron chi connectivity index (χ2n) is 4.68. The molecule has 0 aliphatic heterocycles. The first-order valence-corrected chi connectivity index (χ1v) is 8.00. The molecule has 3 nitrogen and oxygen atoms in total. The highest BCUT2D eigenvalue weighted by molar-refractivity contribution is 7.99. The SMILES string of the molecule is C#Cc1cccc(Nc2ncnc3ccc(SCC)cc23)c1.Cl. The zero-order chi connectivity index (χ0) is 15.4. The average molecular weight is 342 g/mol. The van der Waals surface area contributed by atoms with E-state index in [4.69, 9.17) is 6.42 Å². The van der Waals surface area contributed by atoms with Crippen molar-refractivity contribution in [2.75, 3.05) is 11.1 Å². The van der Waals surface area contributed by atoms with Gasteiger partial charge in [0.15, 0.2) is 0 Å². The molecule has 1 heterocycles. The zero-order valence-corrected chi connectivity index (χ0v) is 14.2. The van der Waals surface area contributed by atoms with Gasteiger partial charge in [-0.2, -0.15) is 0 Å². The van der Waals surface area contributed by atoms with Crippen LogP contribution in [0.3, 0.4) is 0 Å². The lowest BCUT2D eigenvalue weighted by Crippen LogP contribution is -1.96. The fraction of sp³-hybridized carbons (Fsp3) is 0.111. The minimum absolute atomic E-state index is 0. The fourth-order valence-electron chi connectivity index (χ4n) is 2.22. The molecular weight excluding hydrogens is 326 g/mol. The van der Waals surface area contributed by atoms with Gasteiger partial charge in [0.25, 0.3) is 0 Å². The number of nitrogens with zero attached hydrogens (tertiary/aromatic N) is 2. The van der Waals surface area contributed by atoms with E-state index in [2.05, 4.69) is 40.3 Å². The number of terminal acetylenes is 1. The number of aromatic nitrogens is 2. The Morgan fingerprint density at radius 3 is 2.83 bits per heavy atom. The maximum absolute atomic E-state index is 5.45. The summed E-state index contributed by atoms with van der Waals surface area (Å²) in [6.07, 6.45) is 7.02. The summed E-state index contributed by atoms with van der Waals surface area (Å²) in [5, 5.41) is 4.34. The van der Waals surface area contributed by atoms with Gasteiger partial charge >= 0.3 is 0 Å². The van der Waals surface area contributed by atoms with Crippen LogP contribution < -0.4 is 5.32 Å². The van der Waals surface area contributed by atoms with Crippen LogP contribution in [0.25, 0.3) is 10.9 Å². The van der Waals surface area contributed by atoms with Crippen LogP contribution in [-0.2, 0) is 0 Å². The molecule has 0 spiro atoms. The molecule has 0 fully saturated rings. The fourth-order valence-corrected chi connectivity index (χ4v) is 2.91. The first-order valence-electron chi connectivity index (χ1n) is 7.01. The first-order chi connectivity index (χ1) is 10.8. The minimum Gasteiger partial charge on any atom is -0.340 e. The normalized spacial score (nSPS) is 9.91. The number of halogens is 1. The topological polar surface area (TPSA) is 37.8 Å². The van der Waals surface area contributed by atoms with Crippen molar-refractivity contribution in [3.05, 3.63) is 54.4 Å². The van der Waals surface area contributed by atoms with Crippen LogP contribution in [-0.4, -0.2) is 15.7 Å². The second-order valence-corrected chi connectivity index (χ2v) is 6.02. The Morgan fingerprint density at radius 2 is 2.04 bits per heavy atom. The van der Waals surface area contributed by atoms with Gasteiger partial charge < -0.3 is 5.32 Å². The van der Waals surface area contributed by atoms with E-state index in [9.17, 15) is 0 Å². The Balaban J connectivity index is 0.00000192. The number of rotatable bonds is 4. The molecule has 3 aromatic rings. The lowest BCUT2D eigenvalue weighted by Gasteiger charge is -2.09. The van der Waals surface area contributed by atoms with Crippen LogP contribution in [0, 0.1) is 12.3 Å². The summed E-state index contributed by atoms with van der Waals surface area (Å²) in [6.45, 7) is 2.14. The van der Waals surface area contributed by atoms with Crippen LogP contribution in [0.2, 0.25) is 0 Å². The van der Waals surface area contributed by atoms with Crippen molar-refractivity contribution < 1.29 is 0 Å². The zero-order valence-electron chi connectivity index (χ0n) is 12.6. The second kappa shape index (κ2) is 7.87. The van der Waals surface area contributed by atoms with E-state index >= 15 is 0 Å². The Morgan fingerprint density at radius 1 is 1.17 bits per heavy atom. The molecule has 0 saturated heterocycles. The molecule has 5 heteroatoms. The number of fused-ring (bicyclic) bond motifs is 1.